The van der Waals surface area contributed by atoms with Crippen LogP contribution in [0.2, 0.25) is 0 Å². The van der Waals surface area contributed by atoms with Crippen LogP contribution in [0.1, 0.15) is 19.8 Å². The Morgan fingerprint density at radius 1 is 1.50 bits per heavy atom. The number of hydrogen-bond acceptors (Lipinski definition) is 7. The largest absolute Gasteiger partial charge is 0.367 e. The number of fused-ring (bicyclic) bond motifs is 1. The average Bonchev–Trinajstić information content (AvgIpc) is 3.12. The van der Waals surface area contributed by atoms with E-state index in [4.69, 9.17) is 5.84 Å². The highest BCUT2D eigenvalue weighted by atomic mass is 32.1. The summed E-state index contributed by atoms with van der Waals surface area (Å²) in [5.41, 5.74) is 3.46. The Balaban J connectivity index is 1.78. The van der Waals surface area contributed by atoms with Crippen molar-refractivity contribution in [3.63, 3.8) is 0 Å². The molecule has 2 aromatic heterocycles. The number of likely N-dealkylation sites (N-methyl/N-ethyl adjacent to an activating group) is 1. The molecule has 0 spiro atoms. The third-order valence-corrected chi connectivity index (χ3v) is 4.75. The van der Waals surface area contributed by atoms with Gasteiger partial charge in [0.1, 0.15) is 5.82 Å². The topological polar surface area (TPSA) is 79.1 Å². The molecule has 20 heavy (non-hydrogen) atoms. The van der Waals surface area contributed by atoms with Gasteiger partial charge in [0.15, 0.2) is 0 Å². The van der Waals surface area contributed by atoms with Gasteiger partial charge in [-0.2, -0.15) is 4.98 Å². The molecule has 108 valence electrons. The van der Waals surface area contributed by atoms with Crippen LogP contribution in [0.3, 0.4) is 0 Å². The maximum absolute atomic E-state index is 5.43. The van der Waals surface area contributed by atoms with E-state index in [2.05, 4.69) is 32.5 Å². The molecule has 0 amide bonds. The fourth-order valence-corrected chi connectivity index (χ4v) is 3.60. The molecule has 1 aliphatic rings. The van der Waals surface area contributed by atoms with Gasteiger partial charge in [0, 0.05) is 12.6 Å². The van der Waals surface area contributed by atoms with E-state index in [1.165, 1.54) is 19.4 Å². The van der Waals surface area contributed by atoms with E-state index in [1.807, 2.05) is 11.4 Å². The van der Waals surface area contributed by atoms with Crippen molar-refractivity contribution in [2.24, 2.45) is 5.84 Å². The molecule has 0 bridgehead atoms. The highest BCUT2D eigenvalue weighted by Crippen LogP contribution is 2.27. The molecule has 2 aromatic rings. The Hall–Kier alpha value is -1.44. The number of hydrogen-bond donors (Lipinski definition) is 3. The van der Waals surface area contributed by atoms with Crippen LogP contribution in [0.25, 0.3) is 10.2 Å². The molecule has 1 saturated heterocycles. The summed E-state index contributed by atoms with van der Waals surface area (Å²) in [5.74, 6) is 6.76. The molecule has 1 atom stereocenters. The van der Waals surface area contributed by atoms with Gasteiger partial charge >= 0.3 is 0 Å². The average molecular weight is 292 g/mol. The smallest absolute Gasteiger partial charge is 0.239 e. The molecule has 0 saturated carbocycles. The zero-order valence-corrected chi connectivity index (χ0v) is 12.4. The first-order valence-corrected chi connectivity index (χ1v) is 7.89. The molecule has 0 aromatic carbocycles. The molecule has 3 rings (SSSR count). The summed E-state index contributed by atoms with van der Waals surface area (Å²) < 4.78 is 1.09. The second kappa shape index (κ2) is 5.90. The molecular weight excluding hydrogens is 272 g/mol. The molecule has 6 nitrogen and oxygen atoms in total. The van der Waals surface area contributed by atoms with E-state index < -0.39 is 0 Å². The maximum atomic E-state index is 5.43. The van der Waals surface area contributed by atoms with Gasteiger partial charge in [-0.1, -0.05) is 6.92 Å². The second-order valence-corrected chi connectivity index (χ2v) is 5.90. The van der Waals surface area contributed by atoms with Crippen molar-refractivity contribution >= 4 is 33.3 Å². The predicted octanol–water partition coefficient (Wildman–Crippen LogP) is 1.87. The number of rotatable bonds is 5. The van der Waals surface area contributed by atoms with Gasteiger partial charge in [0.25, 0.3) is 0 Å². The summed E-state index contributed by atoms with van der Waals surface area (Å²) in [4.78, 5) is 11.3. The van der Waals surface area contributed by atoms with E-state index in [0.29, 0.717) is 12.0 Å². The normalized spacial score (nSPS) is 19.6. The third-order valence-electron chi connectivity index (χ3n) is 3.84. The van der Waals surface area contributed by atoms with Crippen molar-refractivity contribution in [3.05, 3.63) is 11.4 Å². The first-order valence-electron chi connectivity index (χ1n) is 7.01. The van der Waals surface area contributed by atoms with Gasteiger partial charge in [0.05, 0.1) is 10.2 Å². The number of thiophene rings is 1. The predicted molar refractivity (Wildman–Crippen MR) is 84.0 cm³/mol. The Bertz CT molecular complexity index is 583. The zero-order chi connectivity index (χ0) is 13.9. The Morgan fingerprint density at radius 3 is 3.20 bits per heavy atom. The minimum absolute atomic E-state index is 0.456. The van der Waals surface area contributed by atoms with E-state index in [1.54, 1.807) is 11.3 Å². The zero-order valence-electron chi connectivity index (χ0n) is 11.6. The molecule has 7 heteroatoms. The fraction of sp³-hybridized carbons (Fsp3) is 0.538. The van der Waals surface area contributed by atoms with Crippen molar-refractivity contribution in [1.29, 1.82) is 0 Å². The lowest BCUT2D eigenvalue weighted by Gasteiger charge is -2.23. The second-order valence-electron chi connectivity index (χ2n) is 4.98. The van der Waals surface area contributed by atoms with Crippen LogP contribution < -0.4 is 16.6 Å². The van der Waals surface area contributed by atoms with Crippen LogP contribution in [-0.4, -0.2) is 40.5 Å². The lowest BCUT2D eigenvalue weighted by molar-refractivity contribution is 0.277. The van der Waals surface area contributed by atoms with Crippen LogP contribution in [0.5, 0.6) is 0 Å². The molecular formula is C13H20N6S. The molecule has 4 N–H and O–H groups in total. The van der Waals surface area contributed by atoms with Gasteiger partial charge in [0.2, 0.25) is 5.95 Å². The van der Waals surface area contributed by atoms with Crippen LogP contribution >= 0.6 is 11.3 Å². The van der Waals surface area contributed by atoms with Crippen molar-refractivity contribution in [2.45, 2.75) is 25.8 Å². The highest BCUT2D eigenvalue weighted by molar-refractivity contribution is 7.17. The van der Waals surface area contributed by atoms with E-state index >= 15 is 0 Å². The molecule has 0 aliphatic carbocycles. The lowest BCUT2D eigenvalue weighted by atomic mass is 10.2. The van der Waals surface area contributed by atoms with Gasteiger partial charge in [-0.05, 0) is 37.4 Å². The number of anilines is 2. The Morgan fingerprint density at radius 2 is 2.40 bits per heavy atom. The minimum atomic E-state index is 0.456. The quantitative estimate of drug-likeness (QED) is 0.577. The fourth-order valence-electron chi connectivity index (χ4n) is 2.80. The van der Waals surface area contributed by atoms with Gasteiger partial charge in [-0.3, -0.25) is 10.3 Å². The number of nitrogen functional groups attached to an aromatic ring is 1. The molecule has 3 heterocycles. The van der Waals surface area contributed by atoms with Gasteiger partial charge < -0.3 is 5.32 Å². The summed E-state index contributed by atoms with van der Waals surface area (Å²) in [7, 11) is 0. The third kappa shape index (κ3) is 2.56. The maximum Gasteiger partial charge on any atom is 0.239 e. The van der Waals surface area contributed by atoms with Crippen LogP contribution in [-0.2, 0) is 0 Å². The Kier molecular flexibility index (Phi) is 4.00. The van der Waals surface area contributed by atoms with Crippen LogP contribution in [0, 0.1) is 0 Å². The summed E-state index contributed by atoms with van der Waals surface area (Å²) >= 11 is 1.65. The van der Waals surface area contributed by atoms with E-state index in [9.17, 15) is 0 Å². The number of nitrogens with one attached hydrogen (secondary N) is 2. The molecule has 1 unspecified atom stereocenters. The van der Waals surface area contributed by atoms with Crippen LogP contribution in [0.15, 0.2) is 11.4 Å². The summed E-state index contributed by atoms with van der Waals surface area (Å²) in [5, 5.41) is 5.50. The number of nitrogens with two attached hydrogens (primary N) is 1. The van der Waals surface area contributed by atoms with Crippen molar-refractivity contribution in [2.75, 3.05) is 30.4 Å². The van der Waals surface area contributed by atoms with Crippen LogP contribution in [0.4, 0.5) is 11.8 Å². The summed E-state index contributed by atoms with van der Waals surface area (Å²) in [6, 6.07) is 2.58. The first kappa shape index (κ1) is 13.5. The first-order chi connectivity index (χ1) is 9.81. The van der Waals surface area contributed by atoms with Crippen molar-refractivity contribution < 1.29 is 0 Å². The van der Waals surface area contributed by atoms with Gasteiger partial charge in [-0.15, -0.1) is 11.3 Å². The molecule has 0 radical (unpaired) electrons. The molecule has 1 aliphatic heterocycles. The van der Waals surface area contributed by atoms with Crippen molar-refractivity contribution in [3.8, 4) is 0 Å². The summed E-state index contributed by atoms with van der Waals surface area (Å²) in [6.07, 6.45) is 2.54. The minimum Gasteiger partial charge on any atom is -0.367 e. The van der Waals surface area contributed by atoms with E-state index in [-0.39, 0.29) is 0 Å². The number of aromatic nitrogens is 2. The molecule has 1 fully saturated rings. The standard InChI is InChI=1S/C13H20N6S/c1-2-19-6-3-4-9(19)8-15-12-11-10(5-7-20-11)16-13(17-12)18-14/h5,7,9H,2-4,6,8,14H2,1H3,(H2,15,16,17,18). The highest BCUT2D eigenvalue weighted by Gasteiger charge is 2.23. The number of hydrazine groups is 1. The number of nitrogens with zero attached hydrogens (tertiary/aromatic N) is 3. The lowest BCUT2D eigenvalue weighted by Crippen LogP contribution is -2.34. The SMILES string of the molecule is CCN1CCCC1CNc1nc(NN)nc2ccsc12. The van der Waals surface area contributed by atoms with Gasteiger partial charge in [-0.25, -0.2) is 10.8 Å². The monoisotopic (exact) mass is 292 g/mol. The Labute approximate surface area is 122 Å². The van der Waals surface area contributed by atoms with Crippen molar-refractivity contribution in [1.82, 2.24) is 14.9 Å². The van der Waals surface area contributed by atoms with E-state index in [0.717, 1.165) is 29.1 Å². The number of likely N-dealkylation sites (tertiary alicyclic amines) is 1. The summed E-state index contributed by atoms with van der Waals surface area (Å²) in [6.45, 7) is 5.45.